The number of benzene rings is 1. The normalized spacial score (nSPS) is 15.9. The van der Waals surface area contributed by atoms with Gasteiger partial charge in [0.05, 0.1) is 10.6 Å². The number of nitrogens with two attached hydrogens (primary N) is 1. The minimum atomic E-state index is -3.64. The van der Waals surface area contributed by atoms with Crippen molar-refractivity contribution in [3.8, 4) is 0 Å². The Bertz CT molecular complexity index is 594. The SMILES string of the molecule is NS(=O)(=O)c1ccc(CCNC(=O)CSC2CCCC2)cc1. The van der Waals surface area contributed by atoms with Crippen molar-refractivity contribution in [3.05, 3.63) is 29.8 Å². The Morgan fingerprint density at radius 1 is 1.23 bits per heavy atom. The van der Waals surface area contributed by atoms with E-state index < -0.39 is 10.0 Å². The largest absolute Gasteiger partial charge is 0.355 e. The number of primary sulfonamides is 1. The van der Waals surface area contributed by atoms with Crippen LogP contribution >= 0.6 is 11.8 Å². The van der Waals surface area contributed by atoms with Crippen LogP contribution in [0.2, 0.25) is 0 Å². The van der Waals surface area contributed by atoms with E-state index in [1.54, 1.807) is 23.9 Å². The monoisotopic (exact) mass is 342 g/mol. The standard InChI is InChI=1S/C15H22N2O3S2/c16-22(19,20)14-7-5-12(6-8-14)9-10-17-15(18)11-21-13-3-1-2-4-13/h5-8,13H,1-4,9-11H2,(H,17,18)(H2,16,19,20). The number of hydrogen-bond donors (Lipinski definition) is 2. The summed E-state index contributed by atoms with van der Waals surface area (Å²) >= 11 is 1.75. The lowest BCUT2D eigenvalue weighted by Gasteiger charge is -2.09. The molecule has 1 aromatic carbocycles. The van der Waals surface area contributed by atoms with E-state index in [2.05, 4.69) is 5.32 Å². The van der Waals surface area contributed by atoms with Crippen LogP contribution in [0.3, 0.4) is 0 Å². The van der Waals surface area contributed by atoms with Gasteiger partial charge in [0.2, 0.25) is 15.9 Å². The second kappa shape index (κ2) is 7.99. The molecule has 1 fully saturated rings. The molecule has 0 bridgehead atoms. The van der Waals surface area contributed by atoms with Gasteiger partial charge in [-0.05, 0) is 37.0 Å². The lowest BCUT2D eigenvalue weighted by atomic mass is 10.1. The van der Waals surface area contributed by atoms with Gasteiger partial charge in [-0.2, -0.15) is 0 Å². The molecule has 0 saturated heterocycles. The maximum Gasteiger partial charge on any atom is 0.238 e. The van der Waals surface area contributed by atoms with Gasteiger partial charge in [-0.15, -0.1) is 11.8 Å². The molecule has 0 aromatic heterocycles. The Hall–Kier alpha value is -1.05. The van der Waals surface area contributed by atoms with Gasteiger partial charge in [0, 0.05) is 11.8 Å². The second-order valence-electron chi connectivity index (χ2n) is 5.51. The van der Waals surface area contributed by atoms with E-state index in [1.807, 2.05) is 0 Å². The first-order chi connectivity index (χ1) is 10.4. The molecule has 1 saturated carbocycles. The molecule has 0 radical (unpaired) electrons. The highest BCUT2D eigenvalue weighted by Crippen LogP contribution is 2.28. The summed E-state index contributed by atoms with van der Waals surface area (Å²) in [6.07, 6.45) is 5.70. The lowest BCUT2D eigenvalue weighted by molar-refractivity contribution is -0.118. The number of nitrogens with one attached hydrogen (secondary N) is 1. The minimum Gasteiger partial charge on any atom is -0.355 e. The van der Waals surface area contributed by atoms with Crippen molar-refractivity contribution in [3.63, 3.8) is 0 Å². The Labute approximate surface area is 136 Å². The molecule has 0 atom stereocenters. The van der Waals surface area contributed by atoms with Gasteiger partial charge in [0.1, 0.15) is 0 Å². The van der Waals surface area contributed by atoms with Crippen LogP contribution in [-0.2, 0) is 21.2 Å². The van der Waals surface area contributed by atoms with Crippen LogP contribution in [0.15, 0.2) is 29.2 Å². The van der Waals surface area contributed by atoms with Crippen LogP contribution in [0.1, 0.15) is 31.2 Å². The van der Waals surface area contributed by atoms with Crippen LogP contribution < -0.4 is 10.5 Å². The fourth-order valence-corrected chi connectivity index (χ4v) is 4.16. The molecule has 5 nitrogen and oxygen atoms in total. The van der Waals surface area contributed by atoms with Gasteiger partial charge in [-0.1, -0.05) is 25.0 Å². The fourth-order valence-electron chi connectivity index (χ4n) is 2.49. The van der Waals surface area contributed by atoms with E-state index in [0.29, 0.717) is 24.0 Å². The van der Waals surface area contributed by atoms with E-state index in [1.165, 1.54) is 37.8 Å². The van der Waals surface area contributed by atoms with E-state index >= 15 is 0 Å². The molecule has 1 aliphatic rings. The average Bonchev–Trinajstić information content (AvgIpc) is 2.98. The number of thioether (sulfide) groups is 1. The molecule has 0 spiro atoms. The van der Waals surface area contributed by atoms with Gasteiger partial charge in [0.15, 0.2) is 0 Å². The third kappa shape index (κ3) is 5.62. The molecule has 7 heteroatoms. The summed E-state index contributed by atoms with van der Waals surface area (Å²) in [4.78, 5) is 11.9. The quantitative estimate of drug-likeness (QED) is 0.789. The molecule has 0 heterocycles. The summed E-state index contributed by atoms with van der Waals surface area (Å²) in [5, 5.41) is 8.59. The first-order valence-corrected chi connectivity index (χ1v) is 10.0. The molecular formula is C15H22N2O3S2. The summed E-state index contributed by atoms with van der Waals surface area (Å²) in [5.41, 5.74) is 0.969. The first kappa shape index (κ1) is 17.3. The van der Waals surface area contributed by atoms with Crippen LogP contribution in [0.25, 0.3) is 0 Å². The van der Waals surface area contributed by atoms with Crippen molar-refractivity contribution in [2.24, 2.45) is 5.14 Å². The highest BCUT2D eigenvalue weighted by Gasteiger charge is 2.16. The Balaban J connectivity index is 1.68. The molecule has 1 aliphatic carbocycles. The summed E-state index contributed by atoms with van der Waals surface area (Å²) in [6.45, 7) is 0.554. The maximum absolute atomic E-state index is 11.7. The van der Waals surface area contributed by atoms with Crippen LogP contribution in [0.4, 0.5) is 0 Å². The van der Waals surface area contributed by atoms with Crippen molar-refractivity contribution in [2.75, 3.05) is 12.3 Å². The smallest absolute Gasteiger partial charge is 0.238 e. The summed E-state index contributed by atoms with van der Waals surface area (Å²) in [7, 11) is -3.64. The van der Waals surface area contributed by atoms with Crippen LogP contribution in [0.5, 0.6) is 0 Å². The highest BCUT2D eigenvalue weighted by atomic mass is 32.2. The molecule has 3 N–H and O–H groups in total. The average molecular weight is 342 g/mol. The number of carbonyl (C=O) groups excluding carboxylic acids is 1. The molecule has 2 rings (SSSR count). The predicted molar refractivity (Wildman–Crippen MR) is 89.2 cm³/mol. The number of hydrogen-bond acceptors (Lipinski definition) is 4. The van der Waals surface area contributed by atoms with E-state index in [4.69, 9.17) is 5.14 Å². The van der Waals surface area contributed by atoms with Crippen molar-refractivity contribution in [1.29, 1.82) is 0 Å². The van der Waals surface area contributed by atoms with Crippen molar-refractivity contribution < 1.29 is 13.2 Å². The second-order valence-corrected chi connectivity index (χ2v) is 8.36. The summed E-state index contributed by atoms with van der Waals surface area (Å²) in [6, 6.07) is 6.42. The topological polar surface area (TPSA) is 89.3 Å². The number of amides is 1. The van der Waals surface area contributed by atoms with Crippen molar-refractivity contribution >= 4 is 27.7 Å². The van der Waals surface area contributed by atoms with Gasteiger partial charge >= 0.3 is 0 Å². The molecule has 0 unspecified atom stereocenters. The van der Waals surface area contributed by atoms with Crippen molar-refractivity contribution in [1.82, 2.24) is 5.32 Å². The Morgan fingerprint density at radius 2 is 1.86 bits per heavy atom. The van der Waals surface area contributed by atoms with E-state index in [9.17, 15) is 13.2 Å². The van der Waals surface area contributed by atoms with Gasteiger partial charge < -0.3 is 5.32 Å². The maximum atomic E-state index is 11.7. The van der Waals surface area contributed by atoms with Gasteiger partial charge in [-0.25, -0.2) is 13.6 Å². The first-order valence-electron chi connectivity index (χ1n) is 7.45. The zero-order valence-electron chi connectivity index (χ0n) is 12.5. The van der Waals surface area contributed by atoms with Crippen LogP contribution in [0, 0.1) is 0 Å². The highest BCUT2D eigenvalue weighted by molar-refractivity contribution is 8.00. The molecule has 1 amide bonds. The van der Waals surface area contributed by atoms with Crippen LogP contribution in [-0.4, -0.2) is 31.9 Å². The number of carbonyl (C=O) groups is 1. The fraction of sp³-hybridized carbons (Fsp3) is 0.533. The minimum absolute atomic E-state index is 0.0676. The summed E-state index contributed by atoms with van der Waals surface area (Å²) < 4.78 is 22.3. The van der Waals surface area contributed by atoms with E-state index in [0.717, 1.165) is 5.56 Å². The third-order valence-electron chi connectivity index (χ3n) is 3.74. The van der Waals surface area contributed by atoms with Gasteiger partial charge in [-0.3, -0.25) is 4.79 Å². The van der Waals surface area contributed by atoms with E-state index in [-0.39, 0.29) is 10.8 Å². The molecule has 22 heavy (non-hydrogen) atoms. The lowest BCUT2D eigenvalue weighted by Crippen LogP contribution is -2.28. The van der Waals surface area contributed by atoms with Crippen molar-refractivity contribution in [2.45, 2.75) is 42.2 Å². The van der Waals surface area contributed by atoms with Gasteiger partial charge in [0.25, 0.3) is 0 Å². The number of rotatable bonds is 7. The zero-order valence-corrected chi connectivity index (χ0v) is 14.1. The molecule has 122 valence electrons. The molecule has 1 aromatic rings. The number of sulfonamides is 1. The Kier molecular flexibility index (Phi) is 6.28. The summed E-state index contributed by atoms with van der Waals surface area (Å²) in [5.74, 6) is 0.590. The molecular weight excluding hydrogens is 320 g/mol. The Morgan fingerprint density at radius 3 is 2.45 bits per heavy atom. The molecule has 0 aliphatic heterocycles. The third-order valence-corrected chi connectivity index (χ3v) is 6.04. The zero-order chi connectivity index (χ0) is 16.0. The predicted octanol–water partition coefficient (Wildman–Crippen LogP) is 1.67.